The SMILES string of the molecule is CC(C)Cc1cn(C2CCN(C(=O)c3ccnnc3)CC2)nn1. The molecule has 3 rings (SSSR count). The molecule has 0 saturated carbocycles. The van der Waals surface area contributed by atoms with E-state index in [2.05, 4.69) is 40.6 Å². The average molecular weight is 314 g/mol. The lowest BCUT2D eigenvalue weighted by molar-refractivity contribution is 0.0688. The first kappa shape index (κ1) is 15.6. The molecule has 0 unspecified atom stereocenters. The van der Waals surface area contributed by atoms with Gasteiger partial charge in [-0.05, 0) is 31.2 Å². The number of hydrogen-bond donors (Lipinski definition) is 0. The number of amides is 1. The van der Waals surface area contributed by atoms with Crippen LogP contribution in [0.5, 0.6) is 0 Å². The van der Waals surface area contributed by atoms with Gasteiger partial charge in [0.15, 0.2) is 0 Å². The summed E-state index contributed by atoms with van der Waals surface area (Å²) in [6.45, 7) is 5.81. The highest BCUT2D eigenvalue weighted by molar-refractivity contribution is 5.93. The lowest BCUT2D eigenvalue weighted by Crippen LogP contribution is -2.39. The maximum Gasteiger partial charge on any atom is 0.255 e. The van der Waals surface area contributed by atoms with Crippen LogP contribution in [0.15, 0.2) is 24.7 Å². The summed E-state index contributed by atoms with van der Waals surface area (Å²) in [6, 6.07) is 2.03. The first-order valence-corrected chi connectivity index (χ1v) is 8.10. The minimum Gasteiger partial charge on any atom is -0.338 e. The van der Waals surface area contributed by atoms with Crippen molar-refractivity contribution in [1.29, 1.82) is 0 Å². The third-order valence-corrected chi connectivity index (χ3v) is 4.13. The molecular weight excluding hydrogens is 292 g/mol. The number of likely N-dealkylation sites (tertiary alicyclic amines) is 1. The minimum absolute atomic E-state index is 0.0254. The van der Waals surface area contributed by atoms with Crippen molar-refractivity contribution in [2.75, 3.05) is 13.1 Å². The van der Waals surface area contributed by atoms with Crippen LogP contribution in [-0.2, 0) is 6.42 Å². The van der Waals surface area contributed by atoms with E-state index in [-0.39, 0.29) is 5.91 Å². The Morgan fingerprint density at radius 2 is 2.09 bits per heavy atom. The third-order valence-electron chi connectivity index (χ3n) is 4.13. The number of carbonyl (C=O) groups is 1. The van der Waals surface area contributed by atoms with Gasteiger partial charge in [0.2, 0.25) is 0 Å². The van der Waals surface area contributed by atoms with Crippen molar-refractivity contribution in [1.82, 2.24) is 30.1 Å². The molecule has 0 spiro atoms. The van der Waals surface area contributed by atoms with Gasteiger partial charge in [-0.25, -0.2) is 4.68 Å². The zero-order chi connectivity index (χ0) is 16.2. The van der Waals surface area contributed by atoms with Crippen molar-refractivity contribution in [2.24, 2.45) is 5.92 Å². The average Bonchev–Trinajstić information content (AvgIpc) is 3.03. The predicted octanol–water partition coefficient (Wildman–Crippen LogP) is 1.74. The fourth-order valence-electron chi connectivity index (χ4n) is 2.94. The normalized spacial score (nSPS) is 16.0. The number of nitrogens with zero attached hydrogens (tertiary/aromatic N) is 6. The van der Waals surface area contributed by atoms with Crippen molar-refractivity contribution in [3.8, 4) is 0 Å². The molecule has 23 heavy (non-hydrogen) atoms. The minimum atomic E-state index is 0.0254. The van der Waals surface area contributed by atoms with E-state index < -0.39 is 0 Å². The van der Waals surface area contributed by atoms with Crippen LogP contribution >= 0.6 is 0 Å². The summed E-state index contributed by atoms with van der Waals surface area (Å²) >= 11 is 0. The molecule has 2 aromatic heterocycles. The molecule has 2 aromatic rings. The molecule has 0 aromatic carbocycles. The van der Waals surface area contributed by atoms with Crippen LogP contribution < -0.4 is 0 Å². The fourth-order valence-corrected chi connectivity index (χ4v) is 2.94. The van der Waals surface area contributed by atoms with Gasteiger partial charge in [0.25, 0.3) is 5.91 Å². The Bertz CT molecular complexity index is 646. The lowest BCUT2D eigenvalue weighted by atomic mass is 10.0. The highest BCUT2D eigenvalue weighted by Crippen LogP contribution is 2.23. The zero-order valence-electron chi connectivity index (χ0n) is 13.6. The summed E-state index contributed by atoms with van der Waals surface area (Å²) in [7, 11) is 0. The highest BCUT2D eigenvalue weighted by atomic mass is 16.2. The number of piperidine rings is 1. The van der Waals surface area contributed by atoms with E-state index in [1.54, 1.807) is 12.3 Å². The van der Waals surface area contributed by atoms with Gasteiger partial charge in [0.1, 0.15) is 0 Å². The van der Waals surface area contributed by atoms with Crippen molar-refractivity contribution in [3.05, 3.63) is 35.9 Å². The molecule has 1 aliphatic rings. The van der Waals surface area contributed by atoms with Gasteiger partial charge in [-0.1, -0.05) is 19.1 Å². The van der Waals surface area contributed by atoms with E-state index in [9.17, 15) is 4.79 Å². The second-order valence-electron chi connectivity index (χ2n) is 6.44. The quantitative estimate of drug-likeness (QED) is 0.859. The van der Waals surface area contributed by atoms with Crippen LogP contribution in [0.1, 0.15) is 48.8 Å². The largest absolute Gasteiger partial charge is 0.338 e. The Balaban J connectivity index is 1.58. The molecule has 1 aliphatic heterocycles. The fraction of sp³-hybridized carbons (Fsp3) is 0.562. The Hall–Kier alpha value is -2.31. The Labute approximate surface area is 135 Å². The van der Waals surface area contributed by atoms with E-state index in [1.165, 1.54) is 6.20 Å². The highest BCUT2D eigenvalue weighted by Gasteiger charge is 2.25. The summed E-state index contributed by atoms with van der Waals surface area (Å²) in [4.78, 5) is 14.3. The van der Waals surface area contributed by atoms with Crippen LogP contribution in [0.2, 0.25) is 0 Å². The molecule has 1 fully saturated rings. The first-order chi connectivity index (χ1) is 11.1. The molecule has 7 heteroatoms. The smallest absolute Gasteiger partial charge is 0.255 e. The van der Waals surface area contributed by atoms with E-state index in [4.69, 9.17) is 0 Å². The van der Waals surface area contributed by atoms with Crippen LogP contribution in [0.3, 0.4) is 0 Å². The van der Waals surface area contributed by atoms with Crippen LogP contribution in [0, 0.1) is 5.92 Å². The maximum absolute atomic E-state index is 12.4. The van der Waals surface area contributed by atoms with Gasteiger partial charge >= 0.3 is 0 Å². The molecule has 0 radical (unpaired) electrons. The van der Waals surface area contributed by atoms with Crippen molar-refractivity contribution in [2.45, 2.75) is 39.2 Å². The summed E-state index contributed by atoms with van der Waals surface area (Å²) < 4.78 is 1.97. The molecule has 0 bridgehead atoms. The third kappa shape index (κ3) is 3.72. The Morgan fingerprint density at radius 3 is 2.74 bits per heavy atom. The van der Waals surface area contributed by atoms with E-state index in [0.29, 0.717) is 17.5 Å². The van der Waals surface area contributed by atoms with Crippen molar-refractivity contribution in [3.63, 3.8) is 0 Å². The number of hydrogen-bond acceptors (Lipinski definition) is 5. The zero-order valence-corrected chi connectivity index (χ0v) is 13.6. The van der Waals surface area contributed by atoms with E-state index in [0.717, 1.165) is 38.0 Å². The second-order valence-corrected chi connectivity index (χ2v) is 6.44. The van der Waals surface area contributed by atoms with E-state index >= 15 is 0 Å². The maximum atomic E-state index is 12.4. The molecule has 0 aliphatic carbocycles. The molecule has 122 valence electrons. The molecular formula is C16H22N6O. The van der Waals surface area contributed by atoms with Crippen LogP contribution in [0.25, 0.3) is 0 Å². The van der Waals surface area contributed by atoms with Gasteiger partial charge in [-0.15, -0.1) is 5.10 Å². The Morgan fingerprint density at radius 1 is 1.30 bits per heavy atom. The lowest BCUT2D eigenvalue weighted by Gasteiger charge is -2.31. The summed E-state index contributed by atoms with van der Waals surface area (Å²) in [6.07, 6.45) is 7.86. The van der Waals surface area contributed by atoms with Crippen molar-refractivity contribution >= 4 is 5.91 Å². The number of aromatic nitrogens is 5. The van der Waals surface area contributed by atoms with Crippen molar-refractivity contribution < 1.29 is 4.79 Å². The van der Waals surface area contributed by atoms with E-state index in [1.807, 2.05) is 9.58 Å². The van der Waals surface area contributed by atoms with Gasteiger partial charge in [0.05, 0.1) is 29.7 Å². The molecule has 7 nitrogen and oxygen atoms in total. The monoisotopic (exact) mass is 314 g/mol. The molecule has 1 amide bonds. The summed E-state index contributed by atoms with van der Waals surface area (Å²) in [5.41, 5.74) is 1.64. The summed E-state index contributed by atoms with van der Waals surface area (Å²) in [5.74, 6) is 0.603. The second kappa shape index (κ2) is 6.85. The number of rotatable bonds is 4. The van der Waals surface area contributed by atoms with Gasteiger partial charge in [-0.2, -0.15) is 10.2 Å². The molecule has 0 atom stereocenters. The van der Waals surface area contributed by atoms with Gasteiger partial charge in [-0.3, -0.25) is 4.79 Å². The predicted molar refractivity (Wildman–Crippen MR) is 84.8 cm³/mol. The molecule has 3 heterocycles. The summed E-state index contributed by atoms with van der Waals surface area (Å²) in [5, 5.41) is 16.0. The standard InChI is InChI=1S/C16H22N6O/c1-12(2)9-14-11-22(20-19-14)15-4-7-21(8-5-15)16(23)13-3-6-17-18-10-13/h3,6,10-12,15H,4-5,7-9H2,1-2H3. The number of carbonyl (C=O) groups excluding carboxylic acids is 1. The topological polar surface area (TPSA) is 76.8 Å². The Kier molecular flexibility index (Phi) is 4.64. The molecule has 1 saturated heterocycles. The van der Waals surface area contributed by atoms with Crippen LogP contribution in [-0.4, -0.2) is 49.1 Å². The molecule has 0 N–H and O–H groups in total. The van der Waals surface area contributed by atoms with Crippen LogP contribution in [0.4, 0.5) is 0 Å². The first-order valence-electron chi connectivity index (χ1n) is 8.10. The van der Waals surface area contributed by atoms with Gasteiger partial charge < -0.3 is 4.90 Å². The van der Waals surface area contributed by atoms with Gasteiger partial charge in [0, 0.05) is 19.3 Å².